The Balaban J connectivity index is 1.99. The van der Waals surface area contributed by atoms with Crippen molar-refractivity contribution in [3.8, 4) is 11.5 Å². The van der Waals surface area contributed by atoms with E-state index in [1.54, 1.807) is 49.4 Å². The summed E-state index contributed by atoms with van der Waals surface area (Å²) in [6.07, 6.45) is -0.734. The van der Waals surface area contributed by atoms with Crippen molar-refractivity contribution >= 4 is 33.5 Å². The van der Waals surface area contributed by atoms with Crippen LogP contribution >= 0.6 is 15.9 Å². The Kier molecular flexibility index (Phi) is 7.03. The molecule has 26 heavy (non-hydrogen) atoms. The SMILES string of the molecule is CCOc1ccc(NC(=O)C(C)Oc2ccc(C(=O)OC)cc2Br)cc1. The van der Waals surface area contributed by atoms with Crippen molar-refractivity contribution in [1.29, 1.82) is 0 Å². The third-order valence-corrected chi connectivity index (χ3v) is 4.08. The molecule has 0 aliphatic carbocycles. The number of esters is 1. The quantitative estimate of drug-likeness (QED) is 0.682. The second kappa shape index (κ2) is 9.24. The lowest BCUT2D eigenvalue weighted by molar-refractivity contribution is -0.122. The van der Waals surface area contributed by atoms with Gasteiger partial charge in [-0.2, -0.15) is 0 Å². The number of nitrogens with one attached hydrogen (secondary N) is 1. The lowest BCUT2D eigenvalue weighted by Crippen LogP contribution is -2.30. The zero-order valence-electron chi connectivity index (χ0n) is 14.7. The molecule has 0 saturated heterocycles. The number of carbonyl (C=O) groups is 2. The molecular formula is C19H20BrNO5. The highest BCUT2D eigenvalue weighted by molar-refractivity contribution is 9.10. The molecule has 0 aromatic heterocycles. The molecular weight excluding hydrogens is 402 g/mol. The number of anilines is 1. The number of amides is 1. The Hall–Kier alpha value is -2.54. The van der Waals surface area contributed by atoms with Gasteiger partial charge in [0, 0.05) is 5.69 Å². The monoisotopic (exact) mass is 421 g/mol. The number of carbonyl (C=O) groups excluding carboxylic acids is 2. The van der Waals surface area contributed by atoms with E-state index in [1.165, 1.54) is 7.11 Å². The average Bonchev–Trinajstić information content (AvgIpc) is 2.64. The van der Waals surface area contributed by atoms with Crippen LogP contribution in [0.1, 0.15) is 24.2 Å². The molecule has 1 unspecified atom stereocenters. The molecule has 0 heterocycles. The van der Waals surface area contributed by atoms with Gasteiger partial charge < -0.3 is 19.5 Å². The van der Waals surface area contributed by atoms with Gasteiger partial charge in [0.1, 0.15) is 11.5 Å². The second-order valence-corrected chi connectivity index (χ2v) is 6.20. The largest absolute Gasteiger partial charge is 0.494 e. The molecule has 138 valence electrons. The van der Waals surface area contributed by atoms with Crippen molar-refractivity contribution in [3.63, 3.8) is 0 Å². The fraction of sp³-hybridized carbons (Fsp3) is 0.263. The lowest BCUT2D eigenvalue weighted by atomic mass is 10.2. The molecule has 1 N–H and O–H groups in total. The number of hydrogen-bond donors (Lipinski definition) is 1. The minimum atomic E-state index is -0.734. The molecule has 1 atom stereocenters. The second-order valence-electron chi connectivity index (χ2n) is 5.34. The van der Waals surface area contributed by atoms with Gasteiger partial charge in [-0.3, -0.25) is 4.79 Å². The maximum absolute atomic E-state index is 12.3. The molecule has 0 fully saturated rings. The number of rotatable bonds is 7. The molecule has 0 aliphatic rings. The maximum Gasteiger partial charge on any atom is 0.337 e. The Labute approximate surface area is 160 Å². The van der Waals surface area contributed by atoms with Crippen molar-refractivity contribution in [2.24, 2.45) is 0 Å². The molecule has 2 rings (SSSR count). The predicted octanol–water partition coefficient (Wildman–Crippen LogP) is 4.04. The Bertz CT molecular complexity index is 776. The van der Waals surface area contributed by atoms with Gasteiger partial charge in [0.2, 0.25) is 0 Å². The van der Waals surface area contributed by atoms with Crippen LogP contribution in [0.4, 0.5) is 5.69 Å². The van der Waals surface area contributed by atoms with Crippen LogP contribution in [0.15, 0.2) is 46.9 Å². The van der Waals surface area contributed by atoms with Crippen LogP contribution in [0.25, 0.3) is 0 Å². The minimum Gasteiger partial charge on any atom is -0.494 e. The van der Waals surface area contributed by atoms with Crippen LogP contribution in [-0.2, 0) is 9.53 Å². The van der Waals surface area contributed by atoms with Gasteiger partial charge in [0.25, 0.3) is 5.91 Å². The molecule has 0 radical (unpaired) electrons. The van der Waals surface area contributed by atoms with Crippen molar-refractivity contribution in [1.82, 2.24) is 0 Å². The molecule has 1 amide bonds. The van der Waals surface area contributed by atoms with E-state index < -0.39 is 12.1 Å². The summed E-state index contributed by atoms with van der Waals surface area (Å²) in [6.45, 7) is 4.13. The summed E-state index contributed by atoms with van der Waals surface area (Å²) in [5.41, 5.74) is 1.03. The summed E-state index contributed by atoms with van der Waals surface area (Å²) >= 11 is 3.33. The first kappa shape index (κ1) is 19.8. The first-order valence-corrected chi connectivity index (χ1v) is 8.82. The highest BCUT2D eigenvalue weighted by atomic mass is 79.9. The number of hydrogen-bond acceptors (Lipinski definition) is 5. The highest BCUT2D eigenvalue weighted by Gasteiger charge is 2.17. The summed E-state index contributed by atoms with van der Waals surface area (Å²) in [5.74, 6) is 0.452. The zero-order valence-corrected chi connectivity index (χ0v) is 16.3. The van der Waals surface area contributed by atoms with E-state index in [0.29, 0.717) is 28.1 Å². The van der Waals surface area contributed by atoms with Gasteiger partial charge in [-0.1, -0.05) is 0 Å². The van der Waals surface area contributed by atoms with Crippen molar-refractivity contribution < 1.29 is 23.8 Å². The van der Waals surface area contributed by atoms with Crippen LogP contribution in [-0.4, -0.2) is 31.7 Å². The third-order valence-electron chi connectivity index (χ3n) is 3.46. The number of ether oxygens (including phenoxy) is 3. The standard InChI is InChI=1S/C19H20BrNO5/c1-4-25-15-8-6-14(7-9-15)21-18(22)12(2)26-17-10-5-13(11-16(17)20)19(23)24-3/h5-12H,4H2,1-3H3,(H,21,22). The average molecular weight is 422 g/mol. The van der Waals surface area contributed by atoms with Crippen LogP contribution in [0.2, 0.25) is 0 Å². The maximum atomic E-state index is 12.3. The lowest BCUT2D eigenvalue weighted by Gasteiger charge is -2.16. The van der Waals surface area contributed by atoms with Crippen LogP contribution in [0, 0.1) is 0 Å². The van der Waals surface area contributed by atoms with Crippen LogP contribution in [0.5, 0.6) is 11.5 Å². The Morgan fingerprint density at radius 3 is 2.42 bits per heavy atom. The highest BCUT2D eigenvalue weighted by Crippen LogP contribution is 2.27. The topological polar surface area (TPSA) is 73.9 Å². The zero-order chi connectivity index (χ0) is 19.1. The summed E-state index contributed by atoms with van der Waals surface area (Å²) in [6, 6.07) is 11.9. The minimum absolute atomic E-state index is 0.293. The Morgan fingerprint density at radius 1 is 1.15 bits per heavy atom. The van der Waals surface area contributed by atoms with E-state index in [9.17, 15) is 9.59 Å². The smallest absolute Gasteiger partial charge is 0.337 e. The van der Waals surface area contributed by atoms with E-state index in [0.717, 1.165) is 5.75 Å². The molecule has 7 heteroatoms. The van der Waals surface area contributed by atoms with Crippen molar-refractivity contribution in [3.05, 3.63) is 52.5 Å². The molecule has 6 nitrogen and oxygen atoms in total. The molecule has 0 saturated carbocycles. The fourth-order valence-electron chi connectivity index (χ4n) is 2.13. The normalized spacial score (nSPS) is 11.4. The molecule has 2 aromatic carbocycles. The molecule has 0 aliphatic heterocycles. The van der Waals surface area contributed by atoms with Gasteiger partial charge in [-0.25, -0.2) is 4.79 Å². The van der Waals surface area contributed by atoms with Gasteiger partial charge in [0.05, 0.1) is 23.8 Å². The summed E-state index contributed by atoms with van der Waals surface area (Å²) < 4.78 is 16.3. The van der Waals surface area contributed by atoms with Crippen molar-refractivity contribution in [2.75, 3.05) is 19.0 Å². The van der Waals surface area contributed by atoms with E-state index in [4.69, 9.17) is 9.47 Å². The van der Waals surface area contributed by atoms with E-state index >= 15 is 0 Å². The predicted molar refractivity (Wildman–Crippen MR) is 102 cm³/mol. The van der Waals surface area contributed by atoms with Crippen LogP contribution < -0.4 is 14.8 Å². The first-order valence-electron chi connectivity index (χ1n) is 8.02. The number of halogens is 1. The summed E-state index contributed by atoms with van der Waals surface area (Å²) in [7, 11) is 1.31. The molecule has 2 aromatic rings. The summed E-state index contributed by atoms with van der Waals surface area (Å²) in [4.78, 5) is 23.8. The number of benzene rings is 2. The van der Waals surface area contributed by atoms with Gasteiger partial charge in [-0.15, -0.1) is 0 Å². The van der Waals surface area contributed by atoms with E-state index in [1.807, 2.05) is 6.92 Å². The third kappa shape index (κ3) is 5.23. The van der Waals surface area contributed by atoms with Gasteiger partial charge in [0.15, 0.2) is 6.10 Å². The van der Waals surface area contributed by atoms with Gasteiger partial charge >= 0.3 is 5.97 Å². The first-order chi connectivity index (χ1) is 12.4. The fourth-order valence-corrected chi connectivity index (χ4v) is 2.60. The van der Waals surface area contributed by atoms with E-state index in [2.05, 4.69) is 26.0 Å². The van der Waals surface area contributed by atoms with Gasteiger partial charge in [-0.05, 0) is 72.2 Å². The van der Waals surface area contributed by atoms with Crippen LogP contribution in [0.3, 0.4) is 0 Å². The Morgan fingerprint density at radius 2 is 1.85 bits per heavy atom. The molecule has 0 bridgehead atoms. The summed E-state index contributed by atoms with van der Waals surface area (Å²) in [5, 5.41) is 2.78. The number of methoxy groups -OCH3 is 1. The molecule has 0 spiro atoms. The van der Waals surface area contributed by atoms with E-state index in [-0.39, 0.29) is 5.91 Å². The van der Waals surface area contributed by atoms with Crippen molar-refractivity contribution in [2.45, 2.75) is 20.0 Å².